The molecule has 2 saturated heterocycles. The largest absolute Gasteiger partial charge is 0.366 e. The van der Waals surface area contributed by atoms with Crippen LogP contribution in [-0.2, 0) is 9.47 Å². The Morgan fingerprint density at radius 1 is 0.800 bits per heavy atom. The Labute approximate surface area is 123 Å². The highest BCUT2D eigenvalue weighted by molar-refractivity contribution is 5.22. The van der Waals surface area contributed by atoms with Crippen LogP contribution in [0.1, 0.15) is 66.2 Å². The molecular formula is C18H30O2. The number of ether oxygens (including phenoxy) is 2. The molecule has 2 heteroatoms. The van der Waals surface area contributed by atoms with Crippen molar-refractivity contribution in [1.29, 1.82) is 0 Å². The van der Waals surface area contributed by atoms with Gasteiger partial charge in [0.25, 0.3) is 0 Å². The lowest BCUT2D eigenvalue weighted by molar-refractivity contribution is 0.0508. The summed E-state index contributed by atoms with van der Waals surface area (Å²) >= 11 is 0. The molecule has 0 spiro atoms. The van der Waals surface area contributed by atoms with Crippen molar-refractivity contribution in [3.63, 3.8) is 0 Å². The molecule has 0 aromatic heterocycles. The number of rotatable bonds is 3. The molecule has 0 bridgehead atoms. The van der Waals surface area contributed by atoms with Crippen LogP contribution in [0.5, 0.6) is 0 Å². The molecule has 0 aromatic rings. The predicted molar refractivity (Wildman–Crippen MR) is 79.6 cm³/mol. The fraction of sp³-hybridized carbons (Fsp3) is 1.00. The van der Waals surface area contributed by atoms with Crippen LogP contribution < -0.4 is 0 Å². The molecule has 4 rings (SSSR count). The van der Waals surface area contributed by atoms with Crippen molar-refractivity contribution in [3.05, 3.63) is 0 Å². The van der Waals surface area contributed by atoms with E-state index in [0.29, 0.717) is 24.0 Å². The normalized spacial score (nSPS) is 55.0. The van der Waals surface area contributed by atoms with Crippen molar-refractivity contribution >= 4 is 0 Å². The smallest absolute Gasteiger partial charge is 0.101 e. The van der Waals surface area contributed by atoms with E-state index in [2.05, 4.69) is 27.7 Å². The van der Waals surface area contributed by atoms with Gasteiger partial charge in [0.2, 0.25) is 0 Å². The highest BCUT2D eigenvalue weighted by Crippen LogP contribution is 2.66. The third-order valence-corrected chi connectivity index (χ3v) is 6.60. The predicted octanol–water partition coefficient (Wildman–Crippen LogP) is 4.17. The van der Waals surface area contributed by atoms with Crippen molar-refractivity contribution in [3.8, 4) is 0 Å². The Morgan fingerprint density at radius 2 is 1.25 bits per heavy atom. The van der Waals surface area contributed by atoms with Gasteiger partial charge in [0.1, 0.15) is 11.2 Å². The number of fused-ring (bicyclic) bond motifs is 2. The zero-order chi connectivity index (χ0) is 14.1. The third-order valence-electron chi connectivity index (χ3n) is 6.60. The summed E-state index contributed by atoms with van der Waals surface area (Å²) in [5.41, 5.74) is 0.356. The number of hydrogen-bond donors (Lipinski definition) is 0. The van der Waals surface area contributed by atoms with Gasteiger partial charge in [0.15, 0.2) is 0 Å². The van der Waals surface area contributed by atoms with E-state index in [1.54, 1.807) is 0 Å². The van der Waals surface area contributed by atoms with E-state index in [-0.39, 0.29) is 11.2 Å². The van der Waals surface area contributed by atoms with E-state index in [1.165, 1.54) is 38.5 Å². The molecule has 4 aliphatic rings. The van der Waals surface area contributed by atoms with Gasteiger partial charge in [-0.3, -0.25) is 0 Å². The molecular weight excluding hydrogens is 248 g/mol. The Bertz CT molecular complexity index is 372. The molecule has 114 valence electrons. The number of epoxide rings is 2. The van der Waals surface area contributed by atoms with Crippen LogP contribution in [0.2, 0.25) is 0 Å². The summed E-state index contributed by atoms with van der Waals surface area (Å²) in [5, 5.41) is 0. The fourth-order valence-electron chi connectivity index (χ4n) is 5.94. The first-order valence-electron chi connectivity index (χ1n) is 8.83. The van der Waals surface area contributed by atoms with Crippen LogP contribution in [0.25, 0.3) is 0 Å². The van der Waals surface area contributed by atoms with Gasteiger partial charge in [0.05, 0.1) is 12.2 Å². The molecule has 0 aromatic carbocycles. The average Bonchev–Trinajstić information content (AvgIpc) is 3.21. The zero-order valence-corrected chi connectivity index (χ0v) is 13.5. The molecule has 20 heavy (non-hydrogen) atoms. The molecule has 0 radical (unpaired) electrons. The summed E-state index contributed by atoms with van der Waals surface area (Å²) in [4.78, 5) is 0. The lowest BCUT2D eigenvalue weighted by Gasteiger charge is -2.39. The standard InChI is InChI=1S/C18H30O2/c1-11(2)16(17-9-12(3)5-7-14(17)19-17)18-10-13(4)6-8-15(18)20-18/h11-16H,5-10H2,1-4H3. The van der Waals surface area contributed by atoms with E-state index in [1.807, 2.05) is 0 Å². The Balaban J connectivity index is 1.63. The Kier molecular flexibility index (Phi) is 2.87. The van der Waals surface area contributed by atoms with Gasteiger partial charge >= 0.3 is 0 Å². The average molecular weight is 278 g/mol. The van der Waals surface area contributed by atoms with Gasteiger partial charge in [0, 0.05) is 5.92 Å². The van der Waals surface area contributed by atoms with Gasteiger partial charge in [-0.2, -0.15) is 0 Å². The van der Waals surface area contributed by atoms with Crippen molar-refractivity contribution in [2.24, 2.45) is 23.7 Å². The maximum atomic E-state index is 6.36. The molecule has 2 aliphatic carbocycles. The first-order valence-corrected chi connectivity index (χ1v) is 8.83. The van der Waals surface area contributed by atoms with Crippen molar-refractivity contribution in [2.45, 2.75) is 89.6 Å². The quantitative estimate of drug-likeness (QED) is 0.724. The van der Waals surface area contributed by atoms with Gasteiger partial charge in [-0.15, -0.1) is 0 Å². The molecule has 2 heterocycles. The molecule has 6 atom stereocenters. The second-order valence-corrected chi connectivity index (χ2v) is 8.62. The fourth-order valence-corrected chi connectivity index (χ4v) is 5.94. The van der Waals surface area contributed by atoms with E-state index < -0.39 is 0 Å². The molecule has 6 unspecified atom stereocenters. The first-order chi connectivity index (χ1) is 9.48. The topological polar surface area (TPSA) is 25.1 Å². The lowest BCUT2D eigenvalue weighted by Crippen LogP contribution is -2.47. The number of hydrogen-bond acceptors (Lipinski definition) is 2. The molecule has 2 nitrogen and oxygen atoms in total. The Hall–Kier alpha value is -0.0800. The zero-order valence-electron chi connectivity index (χ0n) is 13.5. The second-order valence-electron chi connectivity index (χ2n) is 8.62. The Morgan fingerprint density at radius 3 is 1.65 bits per heavy atom. The first kappa shape index (κ1) is 13.6. The summed E-state index contributed by atoms with van der Waals surface area (Å²) in [7, 11) is 0. The van der Waals surface area contributed by atoms with Gasteiger partial charge in [-0.25, -0.2) is 0 Å². The summed E-state index contributed by atoms with van der Waals surface area (Å²) < 4.78 is 12.7. The van der Waals surface area contributed by atoms with E-state index in [4.69, 9.17) is 9.47 Å². The summed E-state index contributed by atoms with van der Waals surface area (Å²) in [6.45, 7) is 9.60. The summed E-state index contributed by atoms with van der Waals surface area (Å²) in [6.07, 6.45) is 8.89. The lowest BCUT2D eigenvalue weighted by atomic mass is 9.62. The minimum absolute atomic E-state index is 0.178. The van der Waals surface area contributed by atoms with Crippen molar-refractivity contribution in [1.82, 2.24) is 0 Å². The van der Waals surface area contributed by atoms with Gasteiger partial charge in [-0.1, -0.05) is 27.7 Å². The molecule has 0 amide bonds. The summed E-state index contributed by atoms with van der Waals surface area (Å²) in [5.74, 6) is 2.94. The third kappa shape index (κ3) is 1.76. The molecule has 2 saturated carbocycles. The maximum Gasteiger partial charge on any atom is 0.101 e. The van der Waals surface area contributed by atoms with E-state index in [0.717, 1.165) is 11.8 Å². The summed E-state index contributed by atoms with van der Waals surface area (Å²) in [6, 6.07) is 0. The van der Waals surface area contributed by atoms with Gasteiger partial charge in [-0.05, 0) is 56.3 Å². The van der Waals surface area contributed by atoms with Crippen molar-refractivity contribution < 1.29 is 9.47 Å². The highest BCUT2D eigenvalue weighted by atomic mass is 16.6. The second kappa shape index (κ2) is 4.23. The van der Waals surface area contributed by atoms with Crippen LogP contribution in [0.4, 0.5) is 0 Å². The maximum absolute atomic E-state index is 6.36. The van der Waals surface area contributed by atoms with Crippen LogP contribution in [0.3, 0.4) is 0 Å². The molecule has 0 N–H and O–H groups in total. The van der Waals surface area contributed by atoms with E-state index >= 15 is 0 Å². The van der Waals surface area contributed by atoms with Crippen LogP contribution in [0.15, 0.2) is 0 Å². The van der Waals surface area contributed by atoms with E-state index in [9.17, 15) is 0 Å². The minimum atomic E-state index is 0.178. The van der Waals surface area contributed by atoms with Crippen molar-refractivity contribution in [2.75, 3.05) is 0 Å². The monoisotopic (exact) mass is 278 g/mol. The minimum Gasteiger partial charge on any atom is -0.366 e. The molecule has 4 fully saturated rings. The van der Waals surface area contributed by atoms with Crippen LogP contribution in [-0.4, -0.2) is 23.4 Å². The van der Waals surface area contributed by atoms with Crippen LogP contribution >= 0.6 is 0 Å². The highest BCUT2D eigenvalue weighted by Gasteiger charge is 2.75. The van der Waals surface area contributed by atoms with Gasteiger partial charge < -0.3 is 9.47 Å². The van der Waals surface area contributed by atoms with Crippen LogP contribution in [0, 0.1) is 23.7 Å². The SMILES string of the molecule is CC1CCC2OC2(C(C(C)C)C23CC(C)CCC2O3)C1. The molecule has 2 aliphatic heterocycles.